The Labute approximate surface area is 194 Å². The van der Waals surface area contributed by atoms with Gasteiger partial charge < -0.3 is 14.6 Å². The lowest BCUT2D eigenvalue weighted by molar-refractivity contribution is -0.384. The summed E-state index contributed by atoms with van der Waals surface area (Å²) < 4.78 is 5.56. The minimum Gasteiger partial charge on any atom is -0.451 e. The number of halogens is 1. The number of furan rings is 1. The molecule has 0 aliphatic carbocycles. The van der Waals surface area contributed by atoms with Crippen LogP contribution in [0.3, 0.4) is 0 Å². The topological polar surface area (TPSA) is 101 Å². The standard InChI is InChI=1S/C22H19ClN4O4S/c23-15-7-5-8-16(20(15)26-12-3-4-13-26)24-22(32)25-21(28)19-11-10-18(31-19)14-6-1-2-9-17(14)27(29)30/h1-2,5-11H,3-4,12-13H2,(H2,24,25,28,32). The Hall–Kier alpha value is -3.43. The smallest absolute Gasteiger partial charge is 0.293 e. The van der Waals surface area contributed by atoms with Gasteiger partial charge in [-0.1, -0.05) is 29.8 Å². The van der Waals surface area contributed by atoms with Gasteiger partial charge in [0.15, 0.2) is 10.9 Å². The van der Waals surface area contributed by atoms with Gasteiger partial charge in [0.25, 0.3) is 11.6 Å². The van der Waals surface area contributed by atoms with E-state index in [9.17, 15) is 14.9 Å². The number of nitrogens with zero attached hydrogens (tertiary/aromatic N) is 2. The van der Waals surface area contributed by atoms with Gasteiger partial charge in [0.2, 0.25) is 0 Å². The van der Waals surface area contributed by atoms with Crippen molar-refractivity contribution in [3.63, 3.8) is 0 Å². The van der Waals surface area contributed by atoms with Gasteiger partial charge in [-0.05, 0) is 55.4 Å². The number of rotatable bonds is 5. The molecule has 4 rings (SSSR count). The molecule has 1 fully saturated rings. The van der Waals surface area contributed by atoms with Gasteiger partial charge in [0.05, 0.1) is 26.9 Å². The highest BCUT2D eigenvalue weighted by Gasteiger charge is 2.21. The maximum Gasteiger partial charge on any atom is 0.293 e. The molecule has 0 bridgehead atoms. The molecule has 3 aromatic rings. The van der Waals surface area contributed by atoms with Gasteiger partial charge in [-0.3, -0.25) is 20.2 Å². The monoisotopic (exact) mass is 470 g/mol. The summed E-state index contributed by atoms with van der Waals surface area (Å²) in [4.78, 5) is 25.5. The lowest BCUT2D eigenvalue weighted by Crippen LogP contribution is -2.34. The molecule has 1 amide bonds. The third-order valence-corrected chi connectivity index (χ3v) is 5.59. The summed E-state index contributed by atoms with van der Waals surface area (Å²) in [6, 6.07) is 14.6. The van der Waals surface area contributed by atoms with E-state index in [1.165, 1.54) is 18.2 Å². The van der Waals surface area contributed by atoms with Gasteiger partial charge in [-0.15, -0.1) is 0 Å². The van der Waals surface area contributed by atoms with Crippen LogP contribution in [0.2, 0.25) is 5.02 Å². The number of amides is 1. The van der Waals surface area contributed by atoms with Gasteiger partial charge in [-0.2, -0.15) is 0 Å². The van der Waals surface area contributed by atoms with Crippen molar-refractivity contribution in [3.8, 4) is 11.3 Å². The molecule has 2 N–H and O–H groups in total. The molecule has 0 unspecified atom stereocenters. The fraction of sp³-hybridized carbons (Fsp3) is 0.182. The lowest BCUT2D eigenvalue weighted by Gasteiger charge is -2.23. The Morgan fingerprint density at radius 2 is 1.84 bits per heavy atom. The van der Waals surface area contributed by atoms with Gasteiger partial charge in [0.1, 0.15) is 5.76 Å². The van der Waals surface area contributed by atoms with Crippen LogP contribution in [0.1, 0.15) is 23.4 Å². The molecule has 0 spiro atoms. The highest BCUT2D eigenvalue weighted by Crippen LogP contribution is 2.36. The molecule has 2 heterocycles. The molecule has 10 heteroatoms. The van der Waals surface area contributed by atoms with Crippen molar-refractivity contribution in [1.82, 2.24) is 5.32 Å². The molecule has 0 atom stereocenters. The van der Waals surface area contributed by atoms with E-state index in [0.29, 0.717) is 10.7 Å². The van der Waals surface area contributed by atoms with E-state index in [-0.39, 0.29) is 27.9 Å². The summed E-state index contributed by atoms with van der Waals surface area (Å²) in [5.41, 5.74) is 1.72. The fourth-order valence-corrected chi connectivity index (χ4v) is 4.14. The van der Waals surface area contributed by atoms with Crippen LogP contribution in [-0.2, 0) is 0 Å². The molecule has 8 nitrogen and oxygen atoms in total. The van der Waals surface area contributed by atoms with E-state index in [4.69, 9.17) is 28.2 Å². The Kier molecular flexibility index (Phi) is 6.38. The van der Waals surface area contributed by atoms with Crippen LogP contribution < -0.4 is 15.5 Å². The van der Waals surface area contributed by atoms with Crippen LogP contribution in [0.15, 0.2) is 59.0 Å². The van der Waals surface area contributed by atoms with Crippen molar-refractivity contribution in [2.24, 2.45) is 0 Å². The number of nitrogens with one attached hydrogen (secondary N) is 2. The summed E-state index contributed by atoms with van der Waals surface area (Å²) in [5.74, 6) is -0.377. The summed E-state index contributed by atoms with van der Waals surface area (Å²) >= 11 is 11.7. The largest absolute Gasteiger partial charge is 0.451 e. The van der Waals surface area contributed by atoms with Crippen molar-refractivity contribution in [2.75, 3.05) is 23.3 Å². The van der Waals surface area contributed by atoms with Crippen molar-refractivity contribution in [2.45, 2.75) is 12.8 Å². The molecular weight excluding hydrogens is 452 g/mol. The second-order valence-electron chi connectivity index (χ2n) is 7.18. The minimum atomic E-state index is -0.572. The molecular formula is C22H19ClN4O4S. The van der Waals surface area contributed by atoms with Gasteiger partial charge in [0, 0.05) is 19.2 Å². The SMILES string of the molecule is O=C(NC(=S)Nc1cccc(Cl)c1N1CCCC1)c1ccc(-c2ccccc2[N+](=O)[O-])o1. The van der Waals surface area contributed by atoms with Gasteiger partial charge >= 0.3 is 0 Å². The van der Waals surface area contributed by atoms with Crippen molar-refractivity contribution in [1.29, 1.82) is 0 Å². The fourth-order valence-electron chi connectivity index (χ4n) is 3.64. The Morgan fingerprint density at radius 3 is 2.59 bits per heavy atom. The predicted molar refractivity (Wildman–Crippen MR) is 127 cm³/mol. The van der Waals surface area contributed by atoms with Crippen LogP contribution in [0.4, 0.5) is 17.1 Å². The number of para-hydroxylation sites is 2. The number of hydrogen-bond acceptors (Lipinski definition) is 6. The van der Waals surface area contributed by atoms with E-state index in [0.717, 1.165) is 31.6 Å². The number of carbonyl (C=O) groups excluding carboxylic acids is 1. The maximum atomic E-state index is 12.6. The molecule has 0 saturated carbocycles. The van der Waals surface area contributed by atoms with Crippen LogP contribution in [0, 0.1) is 10.1 Å². The number of anilines is 2. The second kappa shape index (κ2) is 9.37. The number of nitro benzene ring substituents is 1. The van der Waals surface area contributed by atoms with E-state index in [2.05, 4.69) is 15.5 Å². The molecule has 0 radical (unpaired) electrons. The van der Waals surface area contributed by atoms with Crippen LogP contribution >= 0.6 is 23.8 Å². The average Bonchev–Trinajstić information content (AvgIpc) is 3.46. The van der Waals surface area contributed by atoms with Gasteiger partial charge in [-0.25, -0.2) is 0 Å². The van der Waals surface area contributed by atoms with Crippen LogP contribution in [0.5, 0.6) is 0 Å². The Bertz CT molecular complexity index is 1190. The predicted octanol–water partition coefficient (Wildman–Crippen LogP) is 5.24. The molecule has 1 aromatic heterocycles. The van der Waals surface area contributed by atoms with Crippen molar-refractivity contribution < 1.29 is 14.1 Å². The number of nitro groups is 1. The average molecular weight is 471 g/mol. The zero-order valence-corrected chi connectivity index (χ0v) is 18.4. The van der Waals surface area contributed by atoms with Crippen LogP contribution in [-0.4, -0.2) is 29.0 Å². The minimum absolute atomic E-state index is 0.0202. The highest BCUT2D eigenvalue weighted by molar-refractivity contribution is 7.80. The first-order valence-corrected chi connectivity index (χ1v) is 10.7. The molecule has 1 aliphatic heterocycles. The third-order valence-electron chi connectivity index (χ3n) is 5.08. The van der Waals surface area contributed by atoms with E-state index < -0.39 is 10.8 Å². The lowest BCUT2D eigenvalue weighted by atomic mass is 10.1. The summed E-state index contributed by atoms with van der Waals surface area (Å²) in [6.45, 7) is 1.80. The normalized spacial score (nSPS) is 13.1. The molecule has 1 saturated heterocycles. The van der Waals surface area contributed by atoms with E-state index in [1.807, 2.05) is 12.1 Å². The second-order valence-corrected chi connectivity index (χ2v) is 7.99. The Balaban J connectivity index is 1.48. The number of benzene rings is 2. The first-order valence-electron chi connectivity index (χ1n) is 9.93. The van der Waals surface area contributed by atoms with Crippen LogP contribution in [0.25, 0.3) is 11.3 Å². The first kappa shape index (κ1) is 21.8. The number of thiocarbonyl (C=S) groups is 1. The molecule has 1 aliphatic rings. The number of hydrogen-bond donors (Lipinski definition) is 2. The highest BCUT2D eigenvalue weighted by atomic mass is 35.5. The molecule has 32 heavy (non-hydrogen) atoms. The maximum absolute atomic E-state index is 12.6. The first-order chi connectivity index (χ1) is 15.4. The Morgan fingerprint density at radius 1 is 1.09 bits per heavy atom. The van der Waals surface area contributed by atoms with E-state index >= 15 is 0 Å². The zero-order valence-electron chi connectivity index (χ0n) is 16.8. The third kappa shape index (κ3) is 4.58. The quantitative estimate of drug-likeness (QED) is 0.299. The number of carbonyl (C=O) groups is 1. The summed E-state index contributed by atoms with van der Waals surface area (Å²) in [5, 5.41) is 17.5. The summed E-state index contributed by atoms with van der Waals surface area (Å²) in [7, 11) is 0. The summed E-state index contributed by atoms with van der Waals surface area (Å²) in [6.07, 6.45) is 2.18. The molecule has 2 aromatic carbocycles. The zero-order chi connectivity index (χ0) is 22.7. The van der Waals surface area contributed by atoms with Crippen molar-refractivity contribution in [3.05, 3.63) is 75.5 Å². The van der Waals surface area contributed by atoms with Crippen molar-refractivity contribution >= 4 is 51.9 Å². The molecule has 164 valence electrons. The van der Waals surface area contributed by atoms with E-state index in [1.54, 1.807) is 24.3 Å².